The van der Waals surface area contributed by atoms with Crippen LogP contribution in [0.15, 0.2) is 58.8 Å². The zero-order valence-corrected chi connectivity index (χ0v) is 20.3. The Kier molecular flexibility index (Phi) is 7.05. The fraction of sp³-hybridized carbons (Fsp3) is 0.261. The molecule has 0 radical (unpaired) electrons. The van der Waals surface area contributed by atoms with E-state index in [1.807, 2.05) is 24.3 Å². The number of nitrogens with one attached hydrogen (secondary N) is 1. The van der Waals surface area contributed by atoms with Crippen LogP contribution in [0.4, 0.5) is 17.1 Å². The number of benzene rings is 2. The maximum atomic E-state index is 13.2. The second-order valence-electron chi connectivity index (χ2n) is 8.23. The summed E-state index contributed by atoms with van der Waals surface area (Å²) in [7, 11) is -3.72. The summed E-state index contributed by atoms with van der Waals surface area (Å²) in [5, 5.41) is 14.8. The van der Waals surface area contributed by atoms with Crippen molar-refractivity contribution in [3.05, 3.63) is 80.7 Å². The molecule has 1 amide bonds. The van der Waals surface area contributed by atoms with Crippen molar-refractivity contribution < 1.29 is 18.1 Å². The van der Waals surface area contributed by atoms with Crippen molar-refractivity contribution in [2.24, 2.45) is 5.73 Å². The molecule has 0 bridgehead atoms. The third-order valence-corrected chi connectivity index (χ3v) is 9.42. The van der Waals surface area contributed by atoms with Gasteiger partial charge in [0.2, 0.25) is 5.91 Å². The summed E-state index contributed by atoms with van der Waals surface area (Å²) >= 11 is 1.04. The molecular formula is C23H25N5O5S2. The molecule has 4 rings (SSSR count). The minimum atomic E-state index is -3.72. The molecular weight excluding hydrogens is 490 g/mol. The first-order valence-corrected chi connectivity index (χ1v) is 13.2. The van der Waals surface area contributed by atoms with Gasteiger partial charge in [-0.3, -0.25) is 14.9 Å². The predicted molar refractivity (Wildman–Crippen MR) is 135 cm³/mol. The van der Waals surface area contributed by atoms with Crippen LogP contribution in [0.2, 0.25) is 0 Å². The van der Waals surface area contributed by atoms with Crippen molar-refractivity contribution in [2.75, 3.05) is 24.1 Å². The van der Waals surface area contributed by atoms with Crippen molar-refractivity contribution in [3.63, 3.8) is 0 Å². The van der Waals surface area contributed by atoms with Crippen LogP contribution >= 0.6 is 11.3 Å². The van der Waals surface area contributed by atoms with Gasteiger partial charge < -0.3 is 16.8 Å². The van der Waals surface area contributed by atoms with E-state index in [1.54, 1.807) is 6.07 Å². The molecule has 1 fully saturated rings. The van der Waals surface area contributed by atoms with Crippen LogP contribution < -0.4 is 16.8 Å². The number of hydrogen-bond acceptors (Lipinski definition) is 8. The zero-order valence-electron chi connectivity index (χ0n) is 18.7. The average Bonchev–Trinajstić information content (AvgIpc) is 3.30. The number of carbonyl (C=O) groups is 1. The number of piperidine rings is 1. The summed E-state index contributed by atoms with van der Waals surface area (Å²) in [5.74, 6) is -0.776. The van der Waals surface area contributed by atoms with Crippen molar-refractivity contribution >= 4 is 44.3 Å². The summed E-state index contributed by atoms with van der Waals surface area (Å²) in [6, 6.07) is 14.8. The Hall–Kier alpha value is -3.48. The SMILES string of the molecule is NC(=O)c1cccc([N+](=O)[O-])c1Cc1ccc(S(=O)(=O)N2CCC(Nc3ccccc3N)CC2)s1. The number of rotatable bonds is 8. The smallest absolute Gasteiger partial charge is 0.273 e. The number of thiophene rings is 1. The first kappa shape index (κ1) is 24.6. The molecule has 1 aromatic heterocycles. The van der Waals surface area contributed by atoms with E-state index in [1.165, 1.54) is 28.6 Å². The van der Waals surface area contributed by atoms with Crippen LogP contribution in [0.1, 0.15) is 33.6 Å². The van der Waals surface area contributed by atoms with Crippen LogP contribution in [0.3, 0.4) is 0 Å². The number of nitrogens with two attached hydrogens (primary N) is 2. The van der Waals surface area contributed by atoms with Crippen LogP contribution in [-0.4, -0.2) is 42.7 Å². The Labute approximate surface area is 206 Å². The number of amides is 1. The van der Waals surface area contributed by atoms with Crippen LogP contribution in [-0.2, 0) is 16.4 Å². The van der Waals surface area contributed by atoms with E-state index in [4.69, 9.17) is 11.5 Å². The number of para-hydroxylation sites is 2. The monoisotopic (exact) mass is 515 g/mol. The Morgan fingerprint density at radius 2 is 1.83 bits per heavy atom. The lowest BCUT2D eigenvalue weighted by Crippen LogP contribution is -2.42. The number of carbonyl (C=O) groups excluding carboxylic acids is 1. The Morgan fingerprint density at radius 1 is 1.11 bits per heavy atom. The number of hydrogen-bond donors (Lipinski definition) is 3. The minimum Gasteiger partial charge on any atom is -0.397 e. The minimum absolute atomic E-state index is 0.0279. The topological polar surface area (TPSA) is 162 Å². The van der Waals surface area contributed by atoms with Gasteiger partial charge in [0.1, 0.15) is 4.21 Å². The fourth-order valence-electron chi connectivity index (χ4n) is 4.14. The molecule has 184 valence electrons. The quantitative estimate of drug-likeness (QED) is 0.236. The first-order valence-electron chi connectivity index (χ1n) is 10.9. The molecule has 1 aliphatic heterocycles. The van der Waals surface area contributed by atoms with Crippen molar-refractivity contribution in [1.29, 1.82) is 0 Å². The van der Waals surface area contributed by atoms with Gasteiger partial charge in [-0.15, -0.1) is 11.3 Å². The molecule has 2 aromatic carbocycles. The molecule has 10 nitrogen and oxygen atoms in total. The summed E-state index contributed by atoms with van der Waals surface area (Å²) in [5.41, 5.74) is 12.9. The molecule has 0 unspecified atom stereocenters. The molecule has 12 heteroatoms. The molecule has 3 aromatic rings. The van der Waals surface area contributed by atoms with E-state index >= 15 is 0 Å². The van der Waals surface area contributed by atoms with E-state index in [-0.39, 0.29) is 33.5 Å². The number of nitro benzene ring substituents is 1. The standard InChI is InChI=1S/C23H25N5O5S2/c24-19-5-1-2-6-20(19)26-15-10-12-27(13-11-15)35(32,33)22-9-8-16(34-22)14-18-17(23(25)29)4-3-7-21(18)28(30)31/h1-9,15,26H,10-14,24H2,(H2,25,29). The molecule has 5 N–H and O–H groups in total. The van der Waals surface area contributed by atoms with Gasteiger partial charge in [0, 0.05) is 47.6 Å². The lowest BCUT2D eigenvalue weighted by atomic mass is 10.0. The molecule has 1 saturated heterocycles. The second-order valence-corrected chi connectivity index (χ2v) is 11.6. The van der Waals surface area contributed by atoms with Gasteiger partial charge in [-0.05, 0) is 43.2 Å². The molecule has 35 heavy (non-hydrogen) atoms. The molecule has 0 spiro atoms. The second kappa shape index (κ2) is 10.0. The summed E-state index contributed by atoms with van der Waals surface area (Å²) in [4.78, 5) is 23.3. The van der Waals surface area contributed by atoms with Gasteiger partial charge in [0.05, 0.1) is 16.3 Å². The molecule has 0 saturated carbocycles. The highest BCUT2D eigenvalue weighted by Gasteiger charge is 2.31. The normalized spacial score (nSPS) is 15.1. The van der Waals surface area contributed by atoms with Crippen LogP contribution in [0.25, 0.3) is 0 Å². The van der Waals surface area contributed by atoms with Crippen molar-refractivity contribution in [2.45, 2.75) is 29.5 Å². The van der Waals surface area contributed by atoms with Gasteiger partial charge in [-0.25, -0.2) is 8.42 Å². The number of sulfonamides is 1. The number of nitro groups is 1. The molecule has 0 aliphatic carbocycles. The maximum absolute atomic E-state index is 13.2. The Bertz CT molecular complexity index is 1330. The number of nitrogen functional groups attached to an aromatic ring is 1. The predicted octanol–water partition coefficient (Wildman–Crippen LogP) is 3.19. The lowest BCUT2D eigenvalue weighted by Gasteiger charge is -2.32. The van der Waals surface area contributed by atoms with E-state index < -0.39 is 20.9 Å². The fourth-order valence-corrected chi connectivity index (χ4v) is 7.14. The summed E-state index contributed by atoms with van der Waals surface area (Å²) in [6.45, 7) is 0.714. The highest BCUT2D eigenvalue weighted by molar-refractivity contribution is 7.91. The van der Waals surface area contributed by atoms with Gasteiger partial charge >= 0.3 is 0 Å². The van der Waals surface area contributed by atoms with E-state index in [0.717, 1.165) is 17.0 Å². The highest BCUT2D eigenvalue weighted by Crippen LogP contribution is 2.32. The Morgan fingerprint density at radius 3 is 2.49 bits per heavy atom. The molecule has 2 heterocycles. The summed E-state index contributed by atoms with van der Waals surface area (Å²) in [6.07, 6.45) is 1.29. The average molecular weight is 516 g/mol. The van der Waals surface area contributed by atoms with E-state index in [0.29, 0.717) is 36.5 Å². The van der Waals surface area contributed by atoms with E-state index in [2.05, 4.69) is 5.32 Å². The van der Waals surface area contributed by atoms with Gasteiger partial charge in [-0.2, -0.15) is 4.31 Å². The highest BCUT2D eigenvalue weighted by atomic mass is 32.2. The Balaban J connectivity index is 1.47. The maximum Gasteiger partial charge on any atom is 0.273 e. The lowest BCUT2D eigenvalue weighted by molar-refractivity contribution is -0.385. The van der Waals surface area contributed by atoms with Gasteiger partial charge in [0.15, 0.2) is 0 Å². The summed E-state index contributed by atoms with van der Waals surface area (Å²) < 4.78 is 28.1. The van der Waals surface area contributed by atoms with Gasteiger partial charge in [0.25, 0.3) is 15.7 Å². The van der Waals surface area contributed by atoms with Crippen molar-refractivity contribution in [3.8, 4) is 0 Å². The number of primary amides is 1. The van der Waals surface area contributed by atoms with E-state index in [9.17, 15) is 23.3 Å². The van der Waals surface area contributed by atoms with Crippen LogP contribution in [0.5, 0.6) is 0 Å². The zero-order chi connectivity index (χ0) is 25.2. The first-order chi connectivity index (χ1) is 16.7. The van der Waals surface area contributed by atoms with Crippen LogP contribution in [0, 0.1) is 10.1 Å². The largest absolute Gasteiger partial charge is 0.397 e. The third kappa shape index (κ3) is 5.29. The number of anilines is 2. The number of nitrogens with zero attached hydrogens (tertiary/aromatic N) is 2. The van der Waals surface area contributed by atoms with Gasteiger partial charge in [-0.1, -0.05) is 18.2 Å². The molecule has 0 atom stereocenters. The molecule has 1 aliphatic rings. The van der Waals surface area contributed by atoms with Crippen molar-refractivity contribution in [1.82, 2.24) is 4.31 Å². The third-order valence-electron chi connectivity index (χ3n) is 5.97.